The number of hydrogen-bond acceptors (Lipinski definition) is 4. The Bertz CT molecular complexity index is 274. The number of nitrogens with one attached hydrogen (secondary N) is 2. The first kappa shape index (κ1) is 8.31. The molecule has 0 radical (unpaired) electrons. The molecule has 6 heteroatoms. The third-order valence-electron chi connectivity index (χ3n) is 2.39. The van der Waals surface area contributed by atoms with E-state index in [4.69, 9.17) is 5.73 Å². The third-order valence-corrected chi connectivity index (χ3v) is 2.39. The van der Waals surface area contributed by atoms with Crippen LogP contribution in [0.1, 0.15) is 0 Å². The lowest BCUT2D eigenvalue weighted by atomic mass is 10.3. The van der Waals surface area contributed by atoms with Crippen LogP contribution in [-0.4, -0.2) is 48.4 Å². The highest BCUT2D eigenvalue weighted by Gasteiger charge is 2.19. The zero-order valence-electron chi connectivity index (χ0n) is 7.75. The Kier molecular flexibility index (Phi) is 2.05. The van der Waals surface area contributed by atoms with E-state index in [0.717, 1.165) is 32.1 Å². The Labute approximate surface area is 76.7 Å². The lowest BCUT2D eigenvalue weighted by Crippen LogP contribution is -3.12. The molecule has 4 N–H and O–H groups in total. The van der Waals surface area contributed by atoms with Crippen LogP contribution in [0.2, 0.25) is 0 Å². The monoisotopic (exact) mass is 183 g/mol. The van der Waals surface area contributed by atoms with Crippen molar-refractivity contribution in [3.8, 4) is 0 Å². The molecular weight excluding hydrogens is 168 g/mol. The van der Waals surface area contributed by atoms with Crippen molar-refractivity contribution < 1.29 is 4.90 Å². The van der Waals surface area contributed by atoms with Gasteiger partial charge < -0.3 is 15.5 Å². The Hall–Kier alpha value is -1.30. The summed E-state index contributed by atoms with van der Waals surface area (Å²) in [4.78, 5) is 7.80. The van der Waals surface area contributed by atoms with Crippen molar-refractivity contribution in [2.75, 3.05) is 43.9 Å². The molecule has 1 aromatic heterocycles. The molecule has 0 aromatic carbocycles. The molecule has 0 spiro atoms. The second-order valence-electron chi connectivity index (χ2n) is 3.46. The number of aromatic amines is 1. The number of hydrogen-bond donors (Lipinski definition) is 3. The van der Waals surface area contributed by atoms with E-state index in [2.05, 4.69) is 27.1 Å². The second kappa shape index (κ2) is 3.21. The quantitative estimate of drug-likeness (QED) is 0.458. The van der Waals surface area contributed by atoms with Crippen molar-refractivity contribution in [3.05, 3.63) is 0 Å². The molecule has 1 aromatic rings. The van der Waals surface area contributed by atoms with Gasteiger partial charge >= 0.3 is 0 Å². The zero-order valence-corrected chi connectivity index (χ0v) is 7.75. The maximum atomic E-state index is 5.45. The van der Waals surface area contributed by atoms with Crippen LogP contribution in [0.4, 0.5) is 11.9 Å². The summed E-state index contributed by atoms with van der Waals surface area (Å²) in [5.41, 5.74) is 5.45. The number of nitrogens with zero attached hydrogens (tertiary/aromatic N) is 3. The van der Waals surface area contributed by atoms with Gasteiger partial charge in [0.15, 0.2) is 0 Å². The minimum atomic E-state index is 0.390. The predicted octanol–water partition coefficient (Wildman–Crippen LogP) is -2.28. The van der Waals surface area contributed by atoms with Gasteiger partial charge in [0.05, 0.1) is 33.2 Å². The molecule has 0 atom stereocenters. The van der Waals surface area contributed by atoms with Gasteiger partial charge in [-0.25, -0.2) is 5.10 Å². The van der Waals surface area contributed by atoms with Crippen LogP contribution in [0.3, 0.4) is 0 Å². The summed E-state index contributed by atoms with van der Waals surface area (Å²) >= 11 is 0. The van der Waals surface area contributed by atoms with E-state index in [-0.39, 0.29) is 0 Å². The Balaban J connectivity index is 2.02. The third kappa shape index (κ3) is 1.72. The predicted molar refractivity (Wildman–Crippen MR) is 49.6 cm³/mol. The fraction of sp³-hybridized carbons (Fsp3) is 0.714. The summed E-state index contributed by atoms with van der Waals surface area (Å²) in [6.07, 6.45) is 0. The summed E-state index contributed by atoms with van der Waals surface area (Å²) in [7, 11) is 2.20. The van der Waals surface area contributed by atoms with Gasteiger partial charge in [-0.2, -0.15) is 4.98 Å². The lowest BCUT2D eigenvalue weighted by Gasteiger charge is -2.28. The van der Waals surface area contributed by atoms with Crippen LogP contribution in [0.5, 0.6) is 0 Å². The van der Waals surface area contributed by atoms with Gasteiger partial charge in [-0.1, -0.05) is 0 Å². The minimum Gasteiger partial charge on any atom is -0.368 e. The summed E-state index contributed by atoms with van der Waals surface area (Å²) in [5, 5.41) is 6.67. The van der Waals surface area contributed by atoms with E-state index in [1.807, 2.05) is 0 Å². The van der Waals surface area contributed by atoms with Crippen molar-refractivity contribution in [2.45, 2.75) is 0 Å². The standard InChI is InChI=1S/C7H14N6/c1-12-2-4-13(5-3-12)7-9-6(8)10-11-7/h2-5H2,1H3,(H3,8,9,10,11)/p+1. The summed E-state index contributed by atoms with van der Waals surface area (Å²) in [6, 6.07) is 0. The zero-order chi connectivity index (χ0) is 9.26. The number of nitrogens with two attached hydrogens (primary N) is 1. The molecule has 0 amide bonds. The van der Waals surface area contributed by atoms with Gasteiger partial charge in [0.25, 0.3) is 0 Å². The number of likely N-dealkylation sites (N-methyl/N-ethyl adjacent to an activating group) is 1. The number of quaternary nitrogens is 1. The van der Waals surface area contributed by atoms with Crippen molar-refractivity contribution in [1.29, 1.82) is 0 Å². The molecule has 1 saturated heterocycles. The van der Waals surface area contributed by atoms with Crippen LogP contribution in [0.15, 0.2) is 0 Å². The van der Waals surface area contributed by atoms with Gasteiger partial charge in [-0.3, -0.25) is 0 Å². The maximum Gasteiger partial charge on any atom is 0.246 e. The fourth-order valence-corrected chi connectivity index (χ4v) is 1.49. The molecule has 0 unspecified atom stereocenters. The number of aromatic nitrogens is 3. The molecule has 0 aliphatic carbocycles. The first-order chi connectivity index (χ1) is 6.25. The number of rotatable bonds is 1. The van der Waals surface area contributed by atoms with Crippen LogP contribution in [0.25, 0.3) is 0 Å². The van der Waals surface area contributed by atoms with E-state index in [1.165, 1.54) is 0 Å². The van der Waals surface area contributed by atoms with Crippen molar-refractivity contribution >= 4 is 11.9 Å². The molecule has 2 rings (SSSR count). The molecule has 13 heavy (non-hydrogen) atoms. The van der Waals surface area contributed by atoms with E-state index in [9.17, 15) is 0 Å². The van der Waals surface area contributed by atoms with Gasteiger partial charge in [-0.15, -0.1) is 5.10 Å². The summed E-state index contributed by atoms with van der Waals surface area (Å²) in [6.45, 7) is 4.27. The van der Waals surface area contributed by atoms with E-state index in [1.54, 1.807) is 4.90 Å². The molecule has 6 nitrogen and oxygen atoms in total. The average Bonchev–Trinajstić information content (AvgIpc) is 2.53. The van der Waals surface area contributed by atoms with E-state index >= 15 is 0 Å². The molecular formula is C7H15N6+. The van der Waals surface area contributed by atoms with E-state index in [0.29, 0.717) is 5.95 Å². The maximum absolute atomic E-state index is 5.45. The number of nitrogen functional groups attached to an aromatic ring is 1. The normalized spacial score (nSPS) is 19.3. The van der Waals surface area contributed by atoms with Crippen LogP contribution >= 0.6 is 0 Å². The van der Waals surface area contributed by atoms with Crippen LogP contribution < -0.4 is 15.5 Å². The molecule has 1 fully saturated rings. The molecule has 0 bridgehead atoms. The largest absolute Gasteiger partial charge is 0.368 e. The fourth-order valence-electron chi connectivity index (χ4n) is 1.49. The van der Waals surface area contributed by atoms with Crippen molar-refractivity contribution in [2.24, 2.45) is 0 Å². The highest BCUT2D eigenvalue weighted by Crippen LogP contribution is 2.06. The van der Waals surface area contributed by atoms with Crippen LogP contribution in [0, 0.1) is 0 Å². The summed E-state index contributed by atoms with van der Waals surface area (Å²) in [5.74, 6) is 1.12. The molecule has 1 aliphatic rings. The van der Waals surface area contributed by atoms with Gasteiger partial charge in [0.2, 0.25) is 11.9 Å². The Morgan fingerprint density at radius 3 is 2.69 bits per heavy atom. The lowest BCUT2D eigenvalue weighted by molar-refractivity contribution is -0.880. The van der Waals surface area contributed by atoms with Crippen molar-refractivity contribution in [3.63, 3.8) is 0 Å². The van der Waals surface area contributed by atoms with Crippen LogP contribution in [-0.2, 0) is 0 Å². The molecule has 2 heterocycles. The SMILES string of the molecule is C[NH+]1CCN(c2n[nH]c(N)n2)CC1. The van der Waals surface area contributed by atoms with Gasteiger partial charge in [0, 0.05) is 0 Å². The first-order valence-electron chi connectivity index (χ1n) is 4.50. The van der Waals surface area contributed by atoms with E-state index < -0.39 is 0 Å². The number of anilines is 2. The molecule has 72 valence electrons. The minimum absolute atomic E-state index is 0.390. The summed E-state index contributed by atoms with van der Waals surface area (Å²) < 4.78 is 0. The highest BCUT2D eigenvalue weighted by molar-refractivity contribution is 5.33. The second-order valence-corrected chi connectivity index (χ2v) is 3.46. The highest BCUT2D eigenvalue weighted by atomic mass is 15.4. The van der Waals surface area contributed by atoms with Gasteiger partial charge in [-0.05, 0) is 0 Å². The average molecular weight is 183 g/mol. The number of piperazine rings is 1. The molecule has 0 saturated carbocycles. The van der Waals surface area contributed by atoms with Crippen molar-refractivity contribution in [1.82, 2.24) is 15.2 Å². The smallest absolute Gasteiger partial charge is 0.246 e. The Morgan fingerprint density at radius 2 is 2.15 bits per heavy atom. The molecule has 1 aliphatic heterocycles. The van der Waals surface area contributed by atoms with Gasteiger partial charge in [0.1, 0.15) is 0 Å². The number of H-pyrrole nitrogens is 1. The first-order valence-corrected chi connectivity index (χ1v) is 4.50. The Morgan fingerprint density at radius 1 is 1.46 bits per heavy atom. The topological polar surface area (TPSA) is 75.3 Å².